The summed E-state index contributed by atoms with van der Waals surface area (Å²) in [5, 5.41) is 8.90. The maximum Gasteiger partial charge on any atom is 0.311 e. The number of thioether (sulfide) groups is 1. The molecule has 2 fully saturated rings. The van der Waals surface area contributed by atoms with Crippen molar-refractivity contribution in [3.05, 3.63) is 24.3 Å². The quantitative estimate of drug-likeness (QED) is 0.288. The lowest BCUT2D eigenvalue weighted by molar-refractivity contribution is -0.153. The third-order valence-electron chi connectivity index (χ3n) is 7.54. The molecule has 7 nitrogen and oxygen atoms in total. The van der Waals surface area contributed by atoms with Gasteiger partial charge in [-0.15, -0.1) is 11.8 Å². The minimum absolute atomic E-state index is 0.00595. The molecule has 34 heavy (non-hydrogen) atoms. The van der Waals surface area contributed by atoms with Gasteiger partial charge in [0.2, 0.25) is 11.8 Å². The van der Waals surface area contributed by atoms with Gasteiger partial charge in [-0.05, 0) is 25.7 Å². The van der Waals surface area contributed by atoms with E-state index in [1.807, 2.05) is 17.1 Å². The number of fused-ring (bicyclic) bond motifs is 2. The normalized spacial score (nSPS) is 32.7. The lowest BCUT2D eigenvalue weighted by Crippen LogP contribution is -2.53. The summed E-state index contributed by atoms with van der Waals surface area (Å²) in [6, 6.07) is -0.595. The van der Waals surface area contributed by atoms with Crippen LogP contribution in [0.1, 0.15) is 58.3 Å². The van der Waals surface area contributed by atoms with Crippen molar-refractivity contribution in [2.45, 2.75) is 74.3 Å². The van der Waals surface area contributed by atoms with Crippen LogP contribution >= 0.6 is 11.8 Å². The summed E-state index contributed by atoms with van der Waals surface area (Å²) >= 11 is 1.61. The highest BCUT2D eigenvalue weighted by Crippen LogP contribution is 2.60. The van der Waals surface area contributed by atoms with E-state index in [2.05, 4.69) is 19.1 Å². The minimum Gasteiger partial charge on any atom is -0.465 e. The molecule has 0 saturated carbocycles. The van der Waals surface area contributed by atoms with Gasteiger partial charge in [-0.1, -0.05) is 56.9 Å². The second-order valence-corrected chi connectivity index (χ2v) is 11.3. The first-order chi connectivity index (χ1) is 16.5. The third-order valence-corrected chi connectivity index (χ3v) is 9.29. The highest BCUT2D eigenvalue weighted by atomic mass is 32.2. The number of carbonyl (C=O) groups is 3. The van der Waals surface area contributed by atoms with Crippen LogP contribution in [0.15, 0.2) is 24.3 Å². The molecule has 5 atom stereocenters. The fraction of sp³-hybridized carbons (Fsp3) is 0.731. The fourth-order valence-corrected chi connectivity index (χ4v) is 7.90. The Morgan fingerprint density at radius 1 is 1.06 bits per heavy atom. The molecule has 4 rings (SSSR count). The van der Waals surface area contributed by atoms with Crippen molar-refractivity contribution in [2.75, 3.05) is 32.8 Å². The summed E-state index contributed by atoms with van der Waals surface area (Å²) in [7, 11) is 0. The van der Waals surface area contributed by atoms with Gasteiger partial charge in [0.25, 0.3) is 0 Å². The number of cyclic esters (lactones) is 1. The number of amides is 2. The first kappa shape index (κ1) is 25.3. The number of hydrogen-bond acceptors (Lipinski definition) is 6. The molecule has 0 aromatic heterocycles. The summed E-state index contributed by atoms with van der Waals surface area (Å²) in [6.07, 6.45) is 15.3. The van der Waals surface area contributed by atoms with Crippen molar-refractivity contribution in [1.29, 1.82) is 0 Å². The second kappa shape index (κ2) is 11.3. The fourth-order valence-electron chi connectivity index (χ4n) is 5.89. The number of likely N-dealkylation sites (tertiary alicyclic amines) is 1. The summed E-state index contributed by atoms with van der Waals surface area (Å²) in [6.45, 7) is 4.37. The highest BCUT2D eigenvalue weighted by molar-refractivity contribution is 8.02. The molecule has 2 amide bonds. The summed E-state index contributed by atoms with van der Waals surface area (Å²) in [4.78, 5) is 44.7. The molecule has 8 heteroatoms. The summed E-state index contributed by atoms with van der Waals surface area (Å²) < 4.78 is 4.77. The number of nitrogens with zero attached hydrogens (tertiary/aromatic N) is 2. The number of aliphatic hydroxyl groups is 1. The Morgan fingerprint density at radius 3 is 2.65 bits per heavy atom. The smallest absolute Gasteiger partial charge is 0.311 e. The van der Waals surface area contributed by atoms with Crippen molar-refractivity contribution in [2.24, 2.45) is 11.8 Å². The molecule has 4 aliphatic rings. The zero-order valence-electron chi connectivity index (χ0n) is 20.2. The number of aliphatic hydroxyl groups excluding tert-OH is 1. The van der Waals surface area contributed by atoms with Crippen molar-refractivity contribution in [3.63, 3.8) is 0 Å². The van der Waals surface area contributed by atoms with E-state index in [0.29, 0.717) is 32.7 Å². The number of carbonyl (C=O) groups excluding carboxylic acids is 3. The molecule has 0 aromatic rings. The zero-order chi connectivity index (χ0) is 24.1. The Hall–Kier alpha value is -1.80. The predicted molar refractivity (Wildman–Crippen MR) is 132 cm³/mol. The molecule has 2 saturated heterocycles. The van der Waals surface area contributed by atoms with Crippen LogP contribution in [0.4, 0.5) is 0 Å². The van der Waals surface area contributed by atoms with Crippen LogP contribution in [-0.4, -0.2) is 81.6 Å². The molecular formula is C26H38N2O5S. The Kier molecular flexibility index (Phi) is 8.40. The van der Waals surface area contributed by atoms with Gasteiger partial charge < -0.3 is 19.6 Å². The van der Waals surface area contributed by atoms with Crippen molar-refractivity contribution in [3.8, 4) is 0 Å². The Labute approximate surface area is 206 Å². The van der Waals surface area contributed by atoms with Gasteiger partial charge in [-0.25, -0.2) is 0 Å². The molecule has 188 valence electrons. The van der Waals surface area contributed by atoms with Crippen molar-refractivity contribution in [1.82, 2.24) is 9.80 Å². The Balaban J connectivity index is 1.66. The van der Waals surface area contributed by atoms with Gasteiger partial charge in [0.15, 0.2) is 0 Å². The average Bonchev–Trinajstić information content (AvgIpc) is 3.19. The molecule has 0 bridgehead atoms. The zero-order valence-corrected chi connectivity index (χ0v) is 21.0. The first-order valence-corrected chi connectivity index (χ1v) is 13.8. The molecule has 0 aliphatic carbocycles. The Morgan fingerprint density at radius 2 is 1.85 bits per heavy atom. The van der Waals surface area contributed by atoms with E-state index in [9.17, 15) is 14.4 Å². The van der Waals surface area contributed by atoms with E-state index in [0.717, 1.165) is 44.9 Å². The van der Waals surface area contributed by atoms with Crippen molar-refractivity contribution < 1.29 is 24.2 Å². The number of unbranched alkanes of at least 4 members (excludes halogenated alkanes) is 5. The minimum atomic E-state index is -0.748. The molecule has 0 aromatic carbocycles. The summed E-state index contributed by atoms with van der Waals surface area (Å²) in [5.41, 5.74) is 0. The largest absolute Gasteiger partial charge is 0.465 e. The molecule has 4 heterocycles. The molecule has 0 radical (unpaired) electrons. The van der Waals surface area contributed by atoms with Gasteiger partial charge in [0.1, 0.15) is 6.04 Å². The van der Waals surface area contributed by atoms with Gasteiger partial charge in [-0.2, -0.15) is 0 Å². The van der Waals surface area contributed by atoms with E-state index < -0.39 is 22.6 Å². The van der Waals surface area contributed by atoms with Crippen LogP contribution in [0.3, 0.4) is 0 Å². The third kappa shape index (κ3) is 4.68. The summed E-state index contributed by atoms with van der Waals surface area (Å²) in [5.74, 6) is -1.56. The Bertz CT molecular complexity index is 830. The number of rotatable bonds is 10. The average molecular weight is 491 g/mol. The topological polar surface area (TPSA) is 87.2 Å². The monoisotopic (exact) mass is 490 g/mol. The molecule has 1 unspecified atom stereocenters. The molecule has 1 N–H and O–H groups in total. The number of ether oxygens (including phenoxy) is 1. The maximum atomic E-state index is 14.0. The van der Waals surface area contributed by atoms with E-state index in [1.54, 1.807) is 16.7 Å². The van der Waals surface area contributed by atoms with Gasteiger partial charge >= 0.3 is 5.97 Å². The molecular weight excluding hydrogens is 452 g/mol. The van der Waals surface area contributed by atoms with E-state index in [-0.39, 0.29) is 29.6 Å². The van der Waals surface area contributed by atoms with E-state index in [1.165, 1.54) is 0 Å². The van der Waals surface area contributed by atoms with Crippen LogP contribution in [0.2, 0.25) is 0 Å². The van der Waals surface area contributed by atoms with Gasteiger partial charge in [-0.3, -0.25) is 14.4 Å². The lowest BCUT2D eigenvalue weighted by atomic mass is 9.78. The maximum absolute atomic E-state index is 14.0. The number of hydrogen-bond donors (Lipinski definition) is 1. The van der Waals surface area contributed by atoms with Crippen LogP contribution in [-0.2, 0) is 19.1 Å². The number of esters is 1. The first-order valence-electron chi connectivity index (χ1n) is 12.9. The van der Waals surface area contributed by atoms with Gasteiger partial charge in [0, 0.05) is 31.5 Å². The molecule has 4 aliphatic heterocycles. The SMILES string of the molecule is CCCCCN1CC=C[C@]23S[C@@H]4C=CCCOC(=O)[C@@H]4[C@H]2C(=O)N(CCCCCCO)C3C1=O. The van der Waals surface area contributed by atoms with Gasteiger partial charge in [0.05, 0.1) is 23.2 Å². The molecule has 1 spiro atoms. The van der Waals surface area contributed by atoms with Crippen LogP contribution < -0.4 is 0 Å². The standard InChI is InChI=1S/C26H38N2O5S/c1-2-3-7-14-27-15-11-13-26-21(20-19(34-26)12-6-10-18-33-25(20)32)23(30)28(22(26)24(27)31)16-8-4-5-9-17-29/h6,11-13,19-22,29H,2-5,7-10,14-18H2,1H3/t19-,20+,21+,22?,26+/m1/s1. The van der Waals surface area contributed by atoms with Crippen LogP contribution in [0.5, 0.6) is 0 Å². The van der Waals surface area contributed by atoms with E-state index >= 15 is 0 Å². The highest BCUT2D eigenvalue weighted by Gasteiger charge is 2.70. The van der Waals surface area contributed by atoms with Crippen LogP contribution in [0.25, 0.3) is 0 Å². The lowest BCUT2D eigenvalue weighted by Gasteiger charge is -2.35. The van der Waals surface area contributed by atoms with E-state index in [4.69, 9.17) is 9.84 Å². The van der Waals surface area contributed by atoms with Crippen LogP contribution in [0, 0.1) is 11.8 Å². The van der Waals surface area contributed by atoms with Crippen molar-refractivity contribution >= 4 is 29.5 Å². The second-order valence-electron chi connectivity index (χ2n) is 9.79. The predicted octanol–water partition coefficient (Wildman–Crippen LogP) is 2.93.